The van der Waals surface area contributed by atoms with Crippen LogP contribution in [0.25, 0.3) is 11.0 Å². The topological polar surface area (TPSA) is 36.6 Å². The Morgan fingerprint density at radius 2 is 1.89 bits per heavy atom. The Balaban J connectivity index is 2.37. The van der Waals surface area contributed by atoms with E-state index in [4.69, 9.17) is 4.42 Å². The van der Waals surface area contributed by atoms with Crippen molar-refractivity contribution in [1.82, 2.24) is 4.90 Å². The number of fused-ring (bicyclic) bond motifs is 1. The van der Waals surface area contributed by atoms with Gasteiger partial charge in [-0.3, -0.25) is 0 Å². The summed E-state index contributed by atoms with van der Waals surface area (Å²) in [4.78, 5) is 2.21. The molecule has 2 aromatic rings. The highest BCUT2D eigenvalue weighted by Crippen LogP contribution is 2.30. The molecule has 0 aliphatic rings. The van der Waals surface area contributed by atoms with Gasteiger partial charge in [-0.1, -0.05) is 32.0 Å². The fourth-order valence-corrected chi connectivity index (χ4v) is 2.47. The van der Waals surface area contributed by atoms with E-state index in [2.05, 4.69) is 31.7 Å². The van der Waals surface area contributed by atoms with Crippen molar-refractivity contribution in [2.75, 3.05) is 19.6 Å². The molecule has 1 atom stereocenters. The molecule has 0 bridgehead atoms. The van der Waals surface area contributed by atoms with Gasteiger partial charge in [0.1, 0.15) is 11.3 Å². The van der Waals surface area contributed by atoms with Crippen LogP contribution in [0.3, 0.4) is 0 Å². The third-order valence-corrected chi connectivity index (χ3v) is 3.92. The molecule has 0 amide bonds. The van der Waals surface area contributed by atoms with Crippen molar-refractivity contribution in [2.24, 2.45) is 0 Å². The van der Waals surface area contributed by atoms with E-state index in [1.807, 2.05) is 19.1 Å². The highest BCUT2D eigenvalue weighted by atomic mass is 16.3. The third kappa shape index (κ3) is 2.67. The Hall–Kier alpha value is -1.32. The number of hydrogen-bond acceptors (Lipinski definition) is 3. The minimum atomic E-state index is -0.506. The summed E-state index contributed by atoms with van der Waals surface area (Å²) in [6, 6.07) is 6.00. The fourth-order valence-electron chi connectivity index (χ4n) is 2.47. The number of furan rings is 1. The summed E-state index contributed by atoms with van der Waals surface area (Å²) >= 11 is 0. The minimum absolute atomic E-state index is 0.506. The molecule has 0 saturated carbocycles. The molecule has 1 aromatic carbocycles. The van der Waals surface area contributed by atoms with Gasteiger partial charge in [-0.05, 0) is 32.5 Å². The first-order valence-corrected chi connectivity index (χ1v) is 6.97. The molecule has 2 rings (SSSR count). The van der Waals surface area contributed by atoms with Gasteiger partial charge in [-0.2, -0.15) is 0 Å². The zero-order valence-electron chi connectivity index (χ0n) is 12.2. The van der Waals surface area contributed by atoms with E-state index in [0.29, 0.717) is 6.54 Å². The Bertz CT molecular complexity index is 555. The van der Waals surface area contributed by atoms with Crippen LogP contribution in [-0.2, 0) is 0 Å². The normalized spacial score (nSPS) is 13.4. The molecular weight excluding hydrogens is 238 g/mol. The van der Waals surface area contributed by atoms with Crippen LogP contribution in [0, 0.1) is 13.8 Å². The smallest absolute Gasteiger partial charge is 0.140 e. The van der Waals surface area contributed by atoms with Crippen molar-refractivity contribution in [2.45, 2.75) is 33.8 Å². The Morgan fingerprint density at radius 3 is 2.53 bits per heavy atom. The maximum Gasteiger partial charge on any atom is 0.140 e. The van der Waals surface area contributed by atoms with Crippen molar-refractivity contribution >= 4 is 11.0 Å². The molecule has 0 spiro atoms. The predicted octanol–water partition coefficient (Wildman–Crippen LogP) is 3.42. The van der Waals surface area contributed by atoms with Gasteiger partial charge in [0, 0.05) is 17.5 Å². The molecule has 1 aromatic heterocycles. The van der Waals surface area contributed by atoms with Gasteiger partial charge in [-0.15, -0.1) is 0 Å². The molecule has 3 heteroatoms. The Labute approximate surface area is 114 Å². The first-order chi connectivity index (χ1) is 9.08. The first kappa shape index (κ1) is 14.1. The van der Waals surface area contributed by atoms with E-state index in [-0.39, 0.29) is 0 Å². The largest absolute Gasteiger partial charge is 0.461 e. The molecule has 3 nitrogen and oxygen atoms in total. The first-order valence-electron chi connectivity index (χ1n) is 6.97. The summed E-state index contributed by atoms with van der Waals surface area (Å²) in [6.07, 6.45) is -0.506. The van der Waals surface area contributed by atoms with Gasteiger partial charge in [0.25, 0.3) is 0 Å². The van der Waals surface area contributed by atoms with Gasteiger partial charge < -0.3 is 14.4 Å². The second kappa shape index (κ2) is 5.76. The number of hydrogen-bond donors (Lipinski definition) is 1. The zero-order valence-corrected chi connectivity index (χ0v) is 12.2. The SMILES string of the molecule is CCN(CC)CC(O)c1cccc2c(C)c(C)oc12. The van der Waals surface area contributed by atoms with E-state index in [1.54, 1.807) is 0 Å². The van der Waals surface area contributed by atoms with Gasteiger partial charge in [-0.25, -0.2) is 0 Å². The molecule has 1 N–H and O–H groups in total. The molecule has 0 fully saturated rings. The quantitative estimate of drug-likeness (QED) is 0.896. The second-order valence-corrected chi connectivity index (χ2v) is 5.01. The molecule has 1 unspecified atom stereocenters. The average molecular weight is 261 g/mol. The minimum Gasteiger partial charge on any atom is -0.461 e. The summed E-state index contributed by atoms with van der Waals surface area (Å²) in [7, 11) is 0. The maximum atomic E-state index is 10.4. The summed E-state index contributed by atoms with van der Waals surface area (Å²) in [6.45, 7) is 10.8. The summed E-state index contributed by atoms with van der Waals surface area (Å²) in [5, 5.41) is 11.6. The van der Waals surface area contributed by atoms with Crippen molar-refractivity contribution in [3.8, 4) is 0 Å². The number of para-hydroxylation sites is 1. The van der Waals surface area contributed by atoms with Crippen LogP contribution < -0.4 is 0 Å². The van der Waals surface area contributed by atoms with Crippen molar-refractivity contribution in [1.29, 1.82) is 0 Å². The molecular formula is C16H23NO2. The molecule has 19 heavy (non-hydrogen) atoms. The number of nitrogens with zero attached hydrogens (tertiary/aromatic N) is 1. The van der Waals surface area contributed by atoms with Crippen LogP contribution in [0.15, 0.2) is 22.6 Å². The van der Waals surface area contributed by atoms with Crippen LogP contribution in [0.4, 0.5) is 0 Å². The van der Waals surface area contributed by atoms with Crippen LogP contribution in [-0.4, -0.2) is 29.6 Å². The van der Waals surface area contributed by atoms with E-state index in [0.717, 1.165) is 40.9 Å². The van der Waals surface area contributed by atoms with E-state index < -0.39 is 6.10 Å². The fraction of sp³-hybridized carbons (Fsp3) is 0.500. The van der Waals surface area contributed by atoms with Crippen LogP contribution in [0.2, 0.25) is 0 Å². The number of aryl methyl sites for hydroxylation is 2. The van der Waals surface area contributed by atoms with Gasteiger partial charge in [0.05, 0.1) is 6.10 Å². The number of rotatable bonds is 5. The maximum absolute atomic E-state index is 10.4. The predicted molar refractivity (Wildman–Crippen MR) is 78.4 cm³/mol. The van der Waals surface area contributed by atoms with Crippen LogP contribution in [0.1, 0.15) is 36.8 Å². The lowest BCUT2D eigenvalue weighted by atomic mass is 10.0. The summed E-state index contributed by atoms with van der Waals surface area (Å²) in [5.41, 5.74) is 2.88. The molecule has 0 saturated heterocycles. The molecule has 1 heterocycles. The van der Waals surface area contributed by atoms with E-state index in [9.17, 15) is 5.11 Å². The molecule has 104 valence electrons. The van der Waals surface area contributed by atoms with Gasteiger partial charge in [0.15, 0.2) is 0 Å². The Kier molecular flexibility index (Phi) is 4.27. The van der Waals surface area contributed by atoms with E-state index in [1.165, 1.54) is 0 Å². The lowest BCUT2D eigenvalue weighted by Crippen LogP contribution is -2.28. The third-order valence-electron chi connectivity index (χ3n) is 3.92. The standard InChI is InChI=1S/C16H23NO2/c1-5-17(6-2)10-15(18)14-9-7-8-13-11(3)12(4)19-16(13)14/h7-9,15,18H,5-6,10H2,1-4H3. The van der Waals surface area contributed by atoms with Crippen molar-refractivity contribution < 1.29 is 9.52 Å². The zero-order chi connectivity index (χ0) is 14.0. The lowest BCUT2D eigenvalue weighted by Gasteiger charge is -2.22. The molecule has 0 aliphatic heterocycles. The number of aliphatic hydroxyl groups excluding tert-OH is 1. The summed E-state index contributed by atoms with van der Waals surface area (Å²) < 4.78 is 5.82. The van der Waals surface area contributed by atoms with Crippen molar-refractivity contribution in [3.63, 3.8) is 0 Å². The summed E-state index contributed by atoms with van der Waals surface area (Å²) in [5.74, 6) is 0.928. The van der Waals surface area contributed by atoms with Crippen LogP contribution >= 0.6 is 0 Å². The lowest BCUT2D eigenvalue weighted by molar-refractivity contribution is 0.119. The highest BCUT2D eigenvalue weighted by Gasteiger charge is 2.18. The Morgan fingerprint density at radius 1 is 1.21 bits per heavy atom. The average Bonchev–Trinajstić information content (AvgIpc) is 2.71. The second-order valence-electron chi connectivity index (χ2n) is 5.01. The highest BCUT2D eigenvalue weighted by molar-refractivity contribution is 5.85. The monoisotopic (exact) mass is 261 g/mol. The molecule has 0 aliphatic carbocycles. The molecule has 0 radical (unpaired) electrons. The van der Waals surface area contributed by atoms with E-state index >= 15 is 0 Å². The number of aliphatic hydroxyl groups is 1. The number of likely N-dealkylation sites (N-methyl/N-ethyl adjacent to an activating group) is 1. The van der Waals surface area contributed by atoms with Crippen LogP contribution in [0.5, 0.6) is 0 Å². The van der Waals surface area contributed by atoms with Gasteiger partial charge >= 0.3 is 0 Å². The number of benzene rings is 1. The van der Waals surface area contributed by atoms with Gasteiger partial charge in [0.2, 0.25) is 0 Å². The van der Waals surface area contributed by atoms with Crippen molar-refractivity contribution in [3.05, 3.63) is 35.1 Å².